The third-order valence-corrected chi connectivity index (χ3v) is 5.76. The van der Waals surface area contributed by atoms with Gasteiger partial charge >= 0.3 is 12.2 Å². The number of alkyl halides is 3. The second kappa shape index (κ2) is 9.52. The van der Waals surface area contributed by atoms with E-state index in [1.165, 1.54) is 28.2 Å². The zero-order valence-electron chi connectivity index (χ0n) is 18.3. The van der Waals surface area contributed by atoms with Crippen LogP contribution in [-0.4, -0.2) is 29.5 Å². The Morgan fingerprint density at radius 1 is 1.03 bits per heavy atom. The van der Waals surface area contributed by atoms with Crippen LogP contribution in [0.1, 0.15) is 27.8 Å². The molecule has 3 aromatic rings. The Morgan fingerprint density at radius 2 is 1.73 bits per heavy atom. The largest absolute Gasteiger partial charge is 0.416 e. The number of pyridine rings is 1. The number of hydrogen-bond donors (Lipinski definition) is 1. The van der Waals surface area contributed by atoms with E-state index in [0.29, 0.717) is 12.1 Å². The van der Waals surface area contributed by atoms with Crippen molar-refractivity contribution in [2.45, 2.75) is 32.2 Å². The summed E-state index contributed by atoms with van der Waals surface area (Å²) in [6, 6.07) is 16.8. The number of carbonyl (C=O) groups is 1. The zero-order valence-corrected chi connectivity index (χ0v) is 18.3. The summed E-state index contributed by atoms with van der Waals surface area (Å²) in [6.07, 6.45) is -1.63. The Hall–Kier alpha value is -3.55. The van der Waals surface area contributed by atoms with Gasteiger partial charge in [0.25, 0.3) is 0 Å². The minimum absolute atomic E-state index is 0.206. The summed E-state index contributed by atoms with van der Waals surface area (Å²) < 4.78 is 38.0. The lowest BCUT2D eigenvalue weighted by Crippen LogP contribution is -2.36. The summed E-state index contributed by atoms with van der Waals surface area (Å²) in [7, 11) is 1.60. The highest BCUT2D eigenvalue weighted by Gasteiger charge is 2.30. The van der Waals surface area contributed by atoms with Crippen LogP contribution in [0.3, 0.4) is 0 Å². The van der Waals surface area contributed by atoms with Crippen molar-refractivity contribution in [2.24, 2.45) is 0 Å². The van der Waals surface area contributed by atoms with Crippen LogP contribution in [-0.2, 0) is 32.2 Å². The average Bonchev–Trinajstić information content (AvgIpc) is 2.82. The standard InChI is InChI=1S/C25H25F3N4O/c1-31(16-18-6-9-22(10-7-18)25(26,27)28)24(33)30-15-19-8-11-23(29-14-19)32-13-12-20-4-2-3-5-21(20)17-32/h2-11,14H,12-13,15-17H2,1H3,(H,30,33). The van der Waals surface area contributed by atoms with E-state index in [4.69, 9.17) is 0 Å². The van der Waals surface area contributed by atoms with Crippen LogP contribution in [0, 0.1) is 0 Å². The first-order chi connectivity index (χ1) is 15.8. The number of nitrogens with one attached hydrogen (secondary N) is 1. The molecule has 0 aliphatic carbocycles. The number of benzene rings is 2. The van der Waals surface area contributed by atoms with Crippen molar-refractivity contribution < 1.29 is 18.0 Å². The maximum Gasteiger partial charge on any atom is 0.416 e. The van der Waals surface area contributed by atoms with Crippen LogP contribution in [0.25, 0.3) is 0 Å². The van der Waals surface area contributed by atoms with E-state index in [-0.39, 0.29) is 12.6 Å². The van der Waals surface area contributed by atoms with Crippen LogP contribution in [0.2, 0.25) is 0 Å². The molecule has 0 bridgehead atoms. The molecule has 2 heterocycles. The lowest BCUT2D eigenvalue weighted by molar-refractivity contribution is -0.137. The van der Waals surface area contributed by atoms with Gasteiger partial charge in [0.05, 0.1) is 5.56 Å². The highest BCUT2D eigenvalue weighted by Crippen LogP contribution is 2.29. The Morgan fingerprint density at radius 3 is 2.39 bits per heavy atom. The number of carbonyl (C=O) groups excluding carboxylic acids is 1. The van der Waals surface area contributed by atoms with Gasteiger partial charge < -0.3 is 15.1 Å². The topological polar surface area (TPSA) is 48.5 Å². The highest BCUT2D eigenvalue weighted by atomic mass is 19.4. The lowest BCUT2D eigenvalue weighted by Gasteiger charge is -2.29. The van der Waals surface area contributed by atoms with Crippen molar-refractivity contribution >= 4 is 11.8 Å². The molecule has 1 N–H and O–H groups in total. The van der Waals surface area contributed by atoms with Crippen molar-refractivity contribution in [2.75, 3.05) is 18.5 Å². The third-order valence-electron chi connectivity index (χ3n) is 5.76. The molecular weight excluding hydrogens is 429 g/mol. The van der Waals surface area contributed by atoms with E-state index in [9.17, 15) is 18.0 Å². The summed E-state index contributed by atoms with van der Waals surface area (Å²) in [5, 5.41) is 2.82. The van der Waals surface area contributed by atoms with Crippen LogP contribution >= 0.6 is 0 Å². The Bertz CT molecular complexity index is 1100. The number of hydrogen-bond acceptors (Lipinski definition) is 3. The van der Waals surface area contributed by atoms with E-state index >= 15 is 0 Å². The smallest absolute Gasteiger partial charge is 0.352 e. The summed E-state index contributed by atoms with van der Waals surface area (Å²) in [6.45, 7) is 2.26. The van der Waals surface area contributed by atoms with Gasteiger partial charge in [0.15, 0.2) is 0 Å². The van der Waals surface area contributed by atoms with E-state index < -0.39 is 11.7 Å². The molecule has 33 heavy (non-hydrogen) atoms. The molecule has 0 atom stereocenters. The van der Waals surface area contributed by atoms with Gasteiger partial charge in [0.2, 0.25) is 0 Å². The molecule has 1 aromatic heterocycles. The van der Waals surface area contributed by atoms with Gasteiger partial charge in [-0.2, -0.15) is 13.2 Å². The first-order valence-corrected chi connectivity index (χ1v) is 10.7. The number of urea groups is 1. The third kappa shape index (κ3) is 5.63. The number of anilines is 1. The van der Waals surface area contributed by atoms with Crippen LogP contribution in [0.15, 0.2) is 66.9 Å². The van der Waals surface area contributed by atoms with Gasteiger partial charge in [-0.15, -0.1) is 0 Å². The molecule has 0 saturated heterocycles. The molecule has 5 nitrogen and oxygen atoms in total. The molecule has 2 aromatic carbocycles. The second-order valence-corrected chi connectivity index (χ2v) is 8.17. The van der Waals surface area contributed by atoms with Gasteiger partial charge in [-0.3, -0.25) is 0 Å². The van der Waals surface area contributed by atoms with Crippen LogP contribution < -0.4 is 10.2 Å². The summed E-state index contributed by atoms with van der Waals surface area (Å²) >= 11 is 0. The minimum Gasteiger partial charge on any atom is -0.352 e. The molecule has 172 valence electrons. The fourth-order valence-electron chi connectivity index (χ4n) is 3.86. The summed E-state index contributed by atoms with van der Waals surface area (Å²) in [4.78, 5) is 20.6. The minimum atomic E-state index is -4.37. The number of nitrogens with zero attached hydrogens (tertiary/aromatic N) is 3. The van der Waals surface area contributed by atoms with Crippen molar-refractivity contribution in [3.8, 4) is 0 Å². The van der Waals surface area contributed by atoms with Crippen LogP contribution in [0.4, 0.5) is 23.8 Å². The number of halogens is 3. The van der Waals surface area contributed by atoms with E-state index in [1.54, 1.807) is 13.2 Å². The van der Waals surface area contributed by atoms with Crippen LogP contribution in [0.5, 0.6) is 0 Å². The second-order valence-electron chi connectivity index (χ2n) is 8.17. The SMILES string of the molecule is CN(Cc1ccc(C(F)(F)F)cc1)C(=O)NCc1ccc(N2CCc3ccccc3C2)nc1. The number of aromatic nitrogens is 1. The lowest BCUT2D eigenvalue weighted by atomic mass is 10.00. The summed E-state index contributed by atoms with van der Waals surface area (Å²) in [5.74, 6) is 0.902. The van der Waals surface area contributed by atoms with Crippen molar-refractivity contribution in [3.05, 3.63) is 94.7 Å². The van der Waals surface area contributed by atoms with Crippen molar-refractivity contribution in [1.82, 2.24) is 15.2 Å². The molecule has 0 spiro atoms. The number of fused-ring (bicyclic) bond motifs is 1. The molecule has 1 aliphatic heterocycles. The monoisotopic (exact) mass is 454 g/mol. The Labute approximate surface area is 190 Å². The first-order valence-electron chi connectivity index (χ1n) is 10.7. The first kappa shape index (κ1) is 22.6. The van der Waals surface area contributed by atoms with Gasteiger partial charge in [0, 0.05) is 39.4 Å². The van der Waals surface area contributed by atoms with Crippen molar-refractivity contribution in [1.29, 1.82) is 0 Å². The van der Waals surface area contributed by atoms with E-state index in [1.807, 2.05) is 12.1 Å². The molecule has 0 saturated carbocycles. The average molecular weight is 454 g/mol. The maximum absolute atomic E-state index is 12.7. The molecule has 8 heteroatoms. The van der Waals surface area contributed by atoms with Gasteiger partial charge in [-0.25, -0.2) is 9.78 Å². The molecular formula is C25H25F3N4O. The molecule has 0 unspecified atom stereocenters. The van der Waals surface area contributed by atoms with E-state index in [0.717, 1.165) is 43.0 Å². The molecule has 4 rings (SSSR count). The normalized spacial score (nSPS) is 13.4. The molecule has 0 fully saturated rings. The quantitative estimate of drug-likeness (QED) is 0.590. The van der Waals surface area contributed by atoms with Gasteiger partial charge in [-0.1, -0.05) is 42.5 Å². The maximum atomic E-state index is 12.7. The number of amides is 2. The molecule has 0 radical (unpaired) electrons. The Kier molecular flexibility index (Phi) is 6.53. The highest BCUT2D eigenvalue weighted by molar-refractivity contribution is 5.73. The predicted octanol–water partition coefficient (Wildman–Crippen LogP) is 5.00. The number of rotatable bonds is 5. The fourth-order valence-corrected chi connectivity index (χ4v) is 3.86. The fraction of sp³-hybridized carbons (Fsp3) is 0.280. The van der Waals surface area contributed by atoms with Crippen molar-refractivity contribution in [3.63, 3.8) is 0 Å². The predicted molar refractivity (Wildman–Crippen MR) is 121 cm³/mol. The van der Waals surface area contributed by atoms with E-state index in [2.05, 4.69) is 39.5 Å². The zero-order chi connectivity index (χ0) is 23.4. The summed E-state index contributed by atoms with van der Waals surface area (Å²) in [5.41, 5.74) is 3.48. The van der Waals surface area contributed by atoms with Gasteiger partial charge in [-0.05, 0) is 46.9 Å². The molecule has 2 amide bonds. The van der Waals surface area contributed by atoms with Gasteiger partial charge in [0.1, 0.15) is 5.82 Å². The molecule has 1 aliphatic rings. The Balaban J connectivity index is 1.28.